The van der Waals surface area contributed by atoms with Crippen molar-refractivity contribution in [2.24, 2.45) is 24.8 Å². The predicted octanol–water partition coefficient (Wildman–Crippen LogP) is 1.34. The van der Waals surface area contributed by atoms with Gasteiger partial charge in [-0.15, -0.1) is 0 Å². The molecule has 3 unspecified atom stereocenters. The molecule has 2 aliphatic carbocycles. The van der Waals surface area contributed by atoms with Crippen molar-refractivity contribution < 1.29 is 0 Å². The van der Waals surface area contributed by atoms with E-state index in [0.29, 0.717) is 0 Å². The molecule has 0 saturated heterocycles. The second-order valence-electron chi connectivity index (χ2n) is 5.40. The molecule has 3 rings (SSSR count). The molecule has 4 heteroatoms. The first-order chi connectivity index (χ1) is 7.81. The summed E-state index contributed by atoms with van der Waals surface area (Å²) in [6.45, 7) is 1.97. The summed E-state index contributed by atoms with van der Waals surface area (Å²) in [5.41, 5.74) is 0. The van der Waals surface area contributed by atoms with E-state index in [0.717, 1.165) is 36.7 Å². The summed E-state index contributed by atoms with van der Waals surface area (Å²) < 4.78 is 1.76. The highest BCUT2D eigenvalue weighted by atomic mass is 15.3. The zero-order valence-electron chi connectivity index (χ0n) is 9.89. The Bertz CT molecular complexity index is 360. The first kappa shape index (κ1) is 10.3. The third-order valence-electron chi connectivity index (χ3n) is 4.22. The van der Waals surface area contributed by atoms with E-state index < -0.39 is 0 Å². The molecule has 4 nitrogen and oxygen atoms in total. The number of fused-ring (bicyclic) bond motifs is 2. The lowest BCUT2D eigenvalue weighted by atomic mass is 9.89. The van der Waals surface area contributed by atoms with Gasteiger partial charge < -0.3 is 5.32 Å². The van der Waals surface area contributed by atoms with Crippen LogP contribution in [0.1, 0.15) is 31.5 Å². The molecule has 2 saturated carbocycles. The molecule has 1 N–H and O–H groups in total. The Balaban J connectivity index is 1.44. The summed E-state index contributed by atoms with van der Waals surface area (Å²) in [7, 11) is 1.91. The smallest absolute Gasteiger partial charge is 0.164 e. The Kier molecular flexibility index (Phi) is 2.67. The Morgan fingerprint density at radius 1 is 1.44 bits per heavy atom. The first-order valence-corrected chi connectivity index (χ1v) is 6.36. The van der Waals surface area contributed by atoms with E-state index in [4.69, 9.17) is 0 Å². The third-order valence-corrected chi connectivity index (χ3v) is 4.22. The fourth-order valence-corrected chi connectivity index (χ4v) is 3.46. The number of rotatable bonds is 4. The summed E-state index contributed by atoms with van der Waals surface area (Å²) >= 11 is 0. The maximum Gasteiger partial charge on any atom is 0.164 e. The monoisotopic (exact) mass is 220 g/mol. The molecule has 2 aliphatic rings. The molecule has 2 bridgehead atoms. The van der Waals surface area contributed by atoms with E-state index in [-0.39, 0.29) is 0 Å². The highest BCUT2D eigenvalue weighted by Gasteiger charge is 2.38. The van der Waals surface area contributed by atoms with Gasteiger partial charge >= 0.3 is 0 Å². The van der Waals surface area contributed by atoms with Gasteiger partial charge in [0, 0.05) is 7.05 Å². The first-order valence-electron chi connectivity index (χ1n) is 6.36. The molecular weight excluding hydrogens is 200 g/mol. The van der Waals surface area contributed by atoms with E-state index in [2.05, 4.69) is 15.4 Å². The van der Waals surface area contributed by atoms with Crippen LogP contribution in [0.25, 0.3) is 0 Å². The second-order valence-corrected chi connectivity index (χ2v) is 5.40. The Hall–Kier alpha value is -0.900. The van der Waals surface area contributed by atoms with Gasteiger partial charge in [0.05, 0.1) is 6.54 Å². The topological polar surface area (TPSA) is 42.7 Å². The molecule has 0 radical (unpaired) electrons. The van der Waals surface area contributed by atoms with Gasteiger partial charge in [0.2, 0.25) is 0 Å². The Morgan fingerprint density at radius 2 is 2.38 bits per heavy atom. The fourth-order valence-electron chi connectivity index (χ4n) is 3.46. The van der Waals surface area contributed by atoms with Gasteiger partial charge in [-0.3, -0.25) is 4.68 Å². The van der Waals surface area contributed by atoms with Crippen LogP contribution in [0, 0.1) is 17.8 Å². The highest BCUT2D eigenvalue weighted by Crippen LogP contribution is 2.47. The van der Waals surface area contributed by atoms with Crippen molar-refractivity contribution in [3.63, 3.8) is 0 Å². The van der Waals surface area contributed by atoms with Crippen LogP contribution in [-0.4, -0.2) is 21.3 Å². The molecule has 0 aromatic carbocycles. The van der Waals surface area contributed by atoms with Crippen LogP contribution in [0.3, 0.4) is 0 Å². The maximum absolute atomic E-state index is 4.27. The summed E-state index contributed by atoms with van der Waals surface area (Å²) in [6, 6.07) is 0. The average Bonchev–Trinajstić information content (AvgIpc) is 2.94. The normalized spacial score (nSPS) is 32.4. The zero-order chi connectivity index (χ0) is 11.0. The molecule has 0 spiro atoms. The number of hydrogen-bond donors (Lipinski definition) is 1. The molecule has 88 valence electrons. The van der Waals surface area contributed by atoms with Crippen LogP contribution in [0.15, 0.2) is 6.33 Å². The summed E-state index contributed by atoms with van der Waals surface area (Å²) in [5.74, 6) is 3.88. The molecule has 1 aromatic rings. The van der Waals surface area contributed by atoms with Crippen molar-refractivity contribution in [3.05, 3.63) is 12.2 Å². The molecule has 0 aliphatic heterocycles. The van der Waals surface area contributed by atoms with Crippen LogP contribution in [0.4, 0.5) is 0 Å². The number of hydrogen-bond acceptors (Lipinski definition) is 3. The van der Waals surface area contributed by atoms with E-state index in [1.807, 2.05) is 7.05 Å². The Morgan fingerprint density at radius 3 is 3.00 bits per heavy atom. The molecule has 1 aromatic heterocycles. The van der Waals surface area contributed by atoms with E-state index in [1.165, 1.54) is 25.7 Å². The zero-order valence-corrected chi connectivity index (χ0v) is 9.89. The number of nitrogens with zero attached hydrogens (tertiary/aromatic N) is 3. The van der Waals surface area contributed by atoms with Crippen molar-refractivity contribution in [1.29, 1.82) is 0 Å². The molecular formula is C12H20N4. The largest absolute Gasteiger partial charge is 0.309 e. The minimum atomic E-state index is 0.814. The number of aromatic nitrogens is 3. The highest BCUT2D eigenvalue weighted by molar-refractivity contribution is 4.91. The average molecular weight is 220 g/mol. The van der Waals surface area contributed by atoms with Crippen molar-refractivity contribution in [3.8, 4) is 0 Å². The number of nitrogens with one attached hydrogen (secondary N) is 1. The van der Waals surface area contributed by atoms with Crippen molar-refractivity contribution in [1.82, 2.24) is 20.1 Å². The van der Waals surface area contributed by atoms with Crippen LogP contribution in [-0.2, 0) is 13.6 Å². The predicted molar refractivity (Wildman–Crippen MR) is 61.6 cm³/mol. The summed E-state index contributed by atoms with van der Waals surface area (Å²) in [6.07, 6.45) is 7.66. The molecule has 3 atom stereocenters. The van der Waals surface area contributed by atoms with Gasteiger partial charge in [0.1, 0.15) is 6.33 Å². The van der Waals surface area contributed by atoms with E-state index >= 15 is 0 Å². The van der Waals surface area contributed by atoms with E-state index in [9.17, 15) is 0 Å². The van der Waals surface area contributed by atoms with Gasteiger partial charge in [-0.05, 0) is 43.6 Å². The fraction of sp³-hybridized carbons (Fsp3) is 0.833. The maximum atomic E-state index is 4.27. The van der Waals surface area contributed by atoms with E-state index in [1.54, 1.807) is 11.0 Å². The third kappa shape index (κ3) is 1.98. The molecule has 16 heavy (non-hydrogen) atoms. The van der Waals surface area contributed by atoms with Gasteiger partial charge in [-0.1, -0.05) is 6.42 Å². The summed E-state index contributed by atoms with van der Waals surface area (Å²) in [4.78, 5) is 4.22. The van der Waals surface area contributed by atoms with Crippen LogP contribution in [0.5, 0.6) is 0 Å². The van der Waals surface area contributed by atoms with Crippen molar-refractivity contribution in [2.75, 3.05) is 6.54 Å². The van der Waals surface area contributed by atoms with Gasteiger partial charge in [0.15, 0.2) is 5.82 Å². The van der Waals surface area contributed by atoms with Crippen LogP contribution in [0.2, 0.25) is 0 Å². The number of aryl methyl sites for hydroxylation is 1. The van der Waals surface area contributed by atoms with Gasteiger partial charge in [-0.25, -0.2) is 4.98 Å². The minimum absolute atomic E-state index is 0.814. The quantitative estimate of drug-likeness (QED) is 0.832. The van der Waals surface area contributed by atoms with Crippen molar-refractivity contribution >= 4 is 0 Å². The molecule has 2 fully saturated rings. The molecule has 1 heterocycles. The second kappa shape index (κ2) is 4.17. The van der Waals surface area contributed by atoms with Crippen LogP contribution >= 0.6 is 0 Å². The minimum Gasteiger partial charge on any atom is -0.309 e. The SMILES string of the molecule is Cn1cnc(CNCC2CC3CCC2C3)n1. The van der Waals surface area contributed by atoms with Crippen molar-refractivity contribution in [2.45, 2.75) is 32.2 Å². The van der Waals surface area contributed by atoms with Crippen LogP contribution < -0.4 is 5.32 Å². The molecule has 0 amide bonds. The lowest BCUT2D eigenvalue weighted by Gasteiger charge is -2.21. The lowest BCUT2D eigenvalue weighted by Crippen LogP contribution is -2.26. The van der Waals surface area contributed by atoms with Gasteiger partial charge in [-0.2, -0.15) is 5.10 Å². The lowest BCUT2D eigenvalue weighted by molar-refractivity contribution is 0.317. The Labute approximate surface area is 96.4 Å². The summed E-state index contributed by atoms with van der Waals surface area (Å²) in [5, 5.41) is 7.77. The standard InChI is InChI=1S/C12H20N4/c1-16-8-14-12(15-16)7-13-6-11-5-9-2-3-10(11)4-9/h8-11,13H,2-7H2,1H3. The van der Waals surface area contributed by atoms with Gasteiger partial charge in [0.25, 0.3) is 0 Å².